The van der Waals surface area contributed by atoms with E-state index in [4.69, 9.17) is 5.26 Å². The summed E-state index contributed by atoms with van der Waals surface area (Å²) in [4.78, 5) is 12.6. The van der Waals surface area contributed by atoms with E-state index < -0.39 is 0 Å². The third-order valence-electron chi connectivity index (χ3n) is 2.61. The van der Waals surface area contributed by atoms with Gasteiger partial charge in [0.05, 0.1) is 18.2 Å². The number of hydrogen-bond acceptors (Lipinski definition) is 4. The van der Waals surface area contributed by atoms with Crippen molar-refractivity contribution in [2.75, 3.05) is 18.8 Å². The maximum absolute atomic E-state index is 11.5. The Morgan fingerprint density at radius 2 is 2.05 bits per heavy atom. The van der Waals surface area contributed by atoms with Crippen LogP contribution in [0.4, 0.5) is 0 Å². The van der Waals surface area contributed by atoms with Crippen LogP contribution in [0.2, 0.25) is 0 Å². The molecule has 0 fully saturated rings. The standard InChI is InChI=1S/C15H21N3OS/c1-2-9-17-11-13-4-6-14(7-5-13)20-12-15(19)18-10-3-8-16/h4-7,17H,2-3,9-12H2,1H3,(H,18,19). The monoisotopic (exact) mass is 291 g/mol. The molecule has 0 aliphatic heterocycles. The fourth-order valence-corrected chi connectivity index (χ4v) is 2.30. The number of nitrogens with zero attached hydrogens (tertiary/aromatic N) is 1. The van der Waals surface area contributed by atoms with Crippen LogP contribution in [0.25, 0.3) is 0 Å². The quantitative estimate of drug-likeness (QED) is 0.541. The minimum Gasteiger partial charge on any atom is -0.354 e. The number of amides is 1. The smallest absolute Gasteiger partial charge is 0.230 e. The third kappa shape index (κ3) is 7.17. The summed E-state index contributed by atoms with van der Waals surface area (Å²) in [5, 5.41) is 14.4. The molecule has 0 spiro atoms. The van der Waals surface area contributed by atoms with E-state index in [1.54, 1.807) is 0 Å². The SMILES string of the molecule is CCCNCc1ccc(SCC(=O)NCCC#N)cc1. The Kier molecular flexibility index (Phi) is 8.52. The van der Waals surface area contributed by atoms with E-state index in [1.165, 1.54) is 17.3 Å². The lowest BCUT2D eigenvalue weighted by Crippen LogP contribution is -2.25. The van der Waals surface area contributed by atoms with Crippen molar-refractivity contribution < 1.29 is 4.79 Å². The molecule has 2 N–H and O–H groups in total. The van der Waals surface area contributed by atoms with Crippen molar-refractivity contribution in [1.82, 2.24) is 10.6 Å². The Morgan fingerprint density at radius 3 is 2.70 bits per heavy atom. The summed E-state index contributed by atoms with van der Waals surface area (Å²) in [6.45, 7) is 4.49. The van der Waals surface area contributed by atoms with Crippen molar-refractivity contribution in [3.05, 3.63) is 29.8 Å². The van der Waals surface area contributed by atoms with Gasteiger partial charge in [-0.05, 0) is 30.7 Å². The number of carbonyl (C=O) groups is 1. The van der Waals surface area contributed by atoms with Crippen molar-refractivity contribution in [2.45, 2.75) is 31.2 Å². The highest BCUT2D eigenvalue weighted by Crippen LogP contribution is 2.18. The van der Waals surface area contributed by atoms with Crippen LogP contribution in [0.1, 0.15) is 25.3 Å². The summed E-state index contributed by atoms with van der Waals surface area (Å²) in [7, 11) is 0. The fraction of sp³-hybridized carbons (Fsp3) is 0.467. The van der Waals surface area contributed by atoms with E-state index in [1.807, 2.05) is 18.2 Å². The number of hydrogen-bond donors (Lipinski definition) is 2. The van der Waals surface area contributed by atoms with Gasteiger partial charge in [0.2, 0.25) is 5.91 Å². The normalized spacial score (nSPS) is 10.0. The Balaban J connectivity index is 2.27. The molecule has 4 nitrogen and oxygen atoms in total. The number of nitrogens with one attached hydrogen (secondary N) is 2. The van der Waals surface area contributed by atoms with Crippen LogP contribution >= 0.6 is 11.8 Å². The van der Waals surface area contributed by atoms with Crippen LogP contribution in [-0.4, -0.2) is 24.7 Å². The number of benzene rings is 1. The highest BCUT2D eigenvalue weighted by molar-refractivity contribution is 8.00. The molecule has 20 heavy (non-hydrogen) atoms. The maximum atomic E-state index is 11.5. The van der Waals surface area contributed by atoms with Gasteiger partial charge in [-0.1, -0.05) is 19.1 Å². The van der Waals surface area contributed by atoms with Crippen LogP contribution in [0.15, 0.2) is 29.2 Å². The zero-order valence-electron chi connectivity index (χ0n) is 11.8. The Hall–Kier alpha value is -1.51. The van der Waals surface area contributed by atoms with Gasteiger partial charge in [-0.2, -0.15) is 5.26 Å². The molecule has 0 saturated heterocycles. The van der Waals surface area contributed by atoms with Crippen molar-refractivity contribution in [3.8, 4) is 6.07 Å². The van der Waals surface area contributed by atoms with Gasteiger partial charge in [0, 0.05) is 18.0 Å². The zero-order chi connectivity index (χ0) is 14.6. The highest BCUT2D eigenvalue weighted by Gasteiger charge is 2.02. The molecule has 1 amide bonds. The summed E-state index contributed by atoms with van der Waals surface area (Å²) in [5.74, 6) is 0.359. The Labute approximate surface area is 124 Å². The van der Waals surface area contributed by atoms with Gasteiger partial charge in [0.15, 0.2) is 0 Å². The van der Waals surface area contributed by atoms with E-state index in [9.17, 15) is 4.79 Å². The van der Waals surface area contributed by atoms with Crippen LogP contribution in [0, 0.1) is 11.3 Å². The second-order valence-corrected chi connectivity index (χ2v) is 5.42. The summed E-state index contributed by atoms with van der Waals surface area (Å²) in [6.07, 6.45) is 1.49. The number of carbonyl (C=O) groups excluding carboxylic acids is 1. The lowest BCUT2D eigenvalue weighted by atomic mass is 10.2. The fourth-order valence-electron chi connectivity index (χ4n) is 1.57. The predicted octanol–water partition coefficient (Wildman–Crippen LogP) is 2.31. The molecule has 0 atom stereocenters. The predicted molar refractivity (Wildman–Crippen MR) is 82.4 cm³/mol. The van der Waals surface area contributed by atoms with Gasteiger partial charge in [0.1, 0.15) is 0 Å². The van der Waals surface area contributed by atoms with Crippen LogP contribution in [0.5, 0.6) is 0 Å². The minimum absolute atomic E-state index is 0.0288. The van der Waals surface area contributed by atoms with E-state index in [2.05, 4.69) is 29.7 Å². The molecular formula is C15H21N3OS. The first-order chi connectivity index (χ1) is 9.76. The average molecular weight is 291 g/mol. The minimum atomic E-state index is -0.0288. The van der Waals surface area contributed by atoms with Crippen LogP contribution < -0.4 is 10.6 Å². The van der Waals surface area contributed by atoms with Crippen LogP contribution in [-0.2, 0) is 11.3 Å². The van der Waals surface area contributed by atoms with Gasteiger partial charge in [0.25, 0.3) is 0 Å². The molecule has 1 aromatic rings. The molecule has 0 aliphatic carbocycles. The molecule has 0 heterocycles. The van der Waals surface area contributed by atoms with Gasteiger partial charge < -0.3 is 10.6 Å². The van der Waals surface area contributed by atoms with E-state index in [-0.39, 0.29) is 5.91 Å². The lowest BCUT2D eigenvalue weighted by molar-refractivity contribution is -0.118. The first kappa shape index (κ1) is 16.5. The molecule has 0 aromatic heterocycles. The summed E-state index contributed by atoms with van der Waals surface area (Å²) < 4.78 is 0. The summed E-state index contributed by atoms with van der Waals surface area (Å²) in [6, 6.07) is 10.2. The van der Waals surface area contributed by atoms with Gasteiger partial charge in [-0.3, -0.25) is 4.79 Å². The Bertz CT molecular complexity index is 439. The van der Waals surface area contributed by atoms with Gasteiger partial charge >= 0.3 is 0 Å². The molecule has 1 rings (SSSR count). The second-order valence-electron chi connectivity index (χ2n) is 4.37. The Morgan fingerprint density at radius 1 is 1.30 bits per heavy atom. The van der Waals surface area contributed by atoms with Crippen molar-refractivity contribution in [1.29, 1.82) is 5.26 Å². The molecule has 108 valence electrons. The van der Waals surface area contributed by atoms with E-state index in [0.717, 1.165) is 24.4 Å². The van der Waals surface area contributed by atoms with Crippen LogP contribution in [0.3, 0.4) is 0 Å². The van der Waals surface area contributed by atoms with E-state index in [0.29, 0.717) is 18.7 Å². The molecule has 1 aromatic carbocycles. The molecule has 5 heteroatoms. The van der Waals surface area contributed by atoms with Gasteiger partial charge in [-0.25, -0.2) is 0 Å². The second kappa shape index (κ2) is 10.3. The first-order valence-corrected chi connectivity index (χ1v) is 7.81. The maximum Gasteiger partial charge on any atom is 0.230 e. The third-order valence-corrected chi connectivity index (χ3v) is 3.62. The molecule has 0 bridgehead atoms. The van der Waals surface area contributed by atoms with Crippen molar-refractivity contribution in [2.24, 2.45) is 0 Å². The number of nitriles is 1. The molecular weight excluding hydrogens is 270 g/mol. The summed E-state index contributed by atoms with van der Waals surface area (Å²) in [5.41, 5.74) is 1.25. The van der Waals surface area contributed by atoms with Crippen molar-refractivity contribution >= 4 is 17.7 Å². The van der Waals surface area contributed by atoms with Crippen molar-refractivity contribution in [3.63, 3.8) is 0 Å². The number of thioether (sulfide) groups is 1. The zero-order valence-corrected chi connectivity index (χ0v) is 12.6. The molecule has 0 aliphatic rings. The molecule has 0 saturated carbocycles. The van der Waals surface area contributed by atoms with E-state index >= 15 is 0 Å². The largest absolute Gasteiger partial charge is 0.354 e. The molecule has 0 radical (unpaired) electrons. The highest BCUT2D eigenvalue weighted by atomic mass is 32.2. The average Bonchev–Trinajstić information content (AvgIpc) is 2.47. The topological polar surface area (TPSA) is 64.9 Å². The molecule has 0 unspecified atom stereocenters. The first-order valence-electron chi connectivity index (χ1n) is 6.82. The number of rotatable bonds is 9. The lowest BCUT2D eigenvalue weighted by Gasteiger charge is -2.06. The van der Waals surface area contributed by atoms with Gasteiger partial charge in [-0.15, -0.1) is 11.8 Å². The summed E-state index contributed by atoms with van der Waals surface area (Å²) >= 11 is 1.51.